The number of benzene rings is 2. The molecule has 1 aliphatic heterocycles. The fourth-order valence-electron chi connectivity index (χ4n) is 3.86. The topological polar surface area (TPSA) is 43.8 Å². The summed E-state index contributed by atoms with van der Waals surface area (Å²) in [6, 6.07) is 12.8. The van der Waals surface area contributed by atoms with Crippen molar-refractivity contribution in [2.24, 2.45) is 5.92 Å². The number of rotatable bonds is 5. The van der Waals surface area contributed by atoms with Crippen LogP contribution >= 0.6 is 0 Å². The van der Waals surface area contributed by atoms with Crippen LogP contribution in [-0.4, -0.2) is 43.2 Å². The van der Waals surface area contributed by atoms with Gasteiger partial charge in [0.1, 0.15) is 0 Å². The van der Waals surface area contributed by atoms with Crippen molar-refractivity contribution in [2.75, 3.05) is 32.1 Å². The third-order valence-corrected chi connectivity index (χ3v) is 5.50. The first-order valence-corrected chi connectivity index (χ1v) is 9.58. The summed E-state index contributed by atoms with van der Waals surface area (Å²) < 4.78 is 39.8. The molecule has 1 aliphatic rings. The first-order valence-electron chi connectivity index (χ1n) is 9.58. The van der Waals surface area contributed by atoms with Crippen LogP contribution in [-0.2, 0) is 11.0 Å². The summed E-state index contributed by atoms with van der Waals surface area (Å²) in [4.78, 5) is 15.3. The van der Waals surface area contributed by atoms with Gasteiger partial charge >= 0.3 is 12.1 Å². The maximum absolute atomic E-state index is 13.3. The molecule has 1 atom stereocenters. The smallest absolute Gasteiger partial charge is 0.416 e. The first-order chi connectivity index (χ1) is 13.7. The number of carbonyl (C=O) groups is 1. The van der Waals surface area contributed by atoms with Crippen LogP contribution in [0.4, 0.5) is 18.9 Å². The highest BCUT2D eigenvalue weighted by molar-refractivity contribution is 5.70. The van der Waals surface area contributed by atoms with Crippen LogP contribution in [0.1, 0.15) is 35.6 Å². The van der Waals surface area contributed by atoms with E-state index in [2.05, 4.69) is 4.90 Å². The minimum Gasteiger partial charge on any atom is -0.481 e. The molecule has 1 fully saturated rings. The zero-order chi connectivity index (χ0) is 21.2. The molecule has 29 heavy (non-hydrogen) atoms. The second-order valence-electron chi connectivity index (χ2n) is 7.66. The largest absolute Gasteiger partial charge is 0.481 e. The molecule has 2 aromatic carbocycles. The number of piperidine rings is 1. The molecule has 1 heterocycles. The van der Waals surface area contributed by atoms with Crippen LogP contribution in [0.2, 0.25) is 0 Å². The molecule has 0 bridgehead atoms. The standard InChI is InChI=1S/C22H25F3N2O2/c1-26(2)19-8-6-15(7-9-19)20(27-12-10-16(11-13-27)21(28)29)17-4-3-5-18(14-17)22(23,24)25/h3-9,14,16,20H,10-13H2,1-2H3,(H,28,29). The molecular formula is C22H25F3N2O2. The molecule has 156 valence electrons. The van der Waals surface area contributed by atoms with Crippen molar-refractivity contribution in [1.82, 2.24) is 4.90 Å². The Labute approximate surface area is 168 Å². The summed E-state index contributed by atoms with van der Waals surface area (Å²) >= 11 is 0. The van der Waals surface area contributed by atoms with Gasteiger partial charge in [0.25, 0.3) is 0 Å². The molecule has 0 saturated carbocycles. The van der Waals surface area contributed by atoms with Gasteiger partial charge in [-0.1, -0.05) is 24.3 Å². The lowest BCUT2D eigenvalue weighted by molar-refractivity contribution is -0.143. The highest BCUT2D eigenvalue weighted by Crippen LogP contribution is 2.36. The number of likely N-dealkylation sites (tertiary alicyclic amines) is 1. The third kappa shape index (κ3) is 4.90. The van der Waals surface area contributed by atoms with E-state index in [0.29, 0.717) is 31.5 Å². The van der Waals surface area contributed by atoms with E-state index >= 15 is 0 Å². The van der Waals surface area contributed by atoms with Crippen molar-refractivity contribution in [2.45, 2.75) is 25.1 Å². The molecule has 7 heteroatoms. The molecule has 2 aromatic rings. The number of halogens is 3. The Kier molecular flexibility index (Phi) is 6.17. The Morgan fingerprint density at radius 1 is 1.07 bits per heavy atom. The van der Waals surface area contributed by atoms with Gasteiger partial charge in [0, 0.05) is 19.8 Å². The number of alkyl halides is 3. The number of carboxylic acid groups (broad SMARTS) is 1. The van der Waals surface area contributed by atoms with Crippen LogP contribution in [0.15, 0.2) is 48.5 Å². The Morgan fingerprint density at radius 3 is 2.21 bits per heavy atom. The highest BCUT2D eigenvalue weighted by atomic mass is 19.4. The summed E-state index contributed by atoms with van der Waals surface area (Å²) in [5.74, 6) is -1.21. The van der Waals surface area contributed by atoms with Crippen LogP contribution in [0, 0.1) is 5.92 Å². The second kappa shape index (κ2) is 8.45. The molecule has 1 unspecified atom stereocenters. The number of carboxylic acids is 1. The molecule has 1 N–H and O–H groups in total. The van der Waals surface area contributed by atoms with Crippen molar-refractivity contribution in [3.8, 4) is 0 Å². The van der Waals surface area contributed by atoms with Crippen molar-refractivity contribution in [3.05, 3.63) is 65.2 Å². The lowest BCUT2D eigenvalue weighted by Crippen LogP contribution is -2.39. The minimum atomic E-state index is -4.41. The van der Waals surface area contributed by atoms with Gasteiger partial charge in [0.2, 0.25) is 0 Å². The highest BCUT2D eigenvalue weighted by Gasteiger charge is 2.33. The number of hydrogen-bond donors (Lipinski definition) is 1. The van der Waals surface area contributed by atoms with Crippen molar-refractivity contribution >= 4 is 11.7 Å². The summed E-state index contributed by atoms with van der Waals surface area (Å²) in [5.41, 5.74) is 1.78. The van der Waals surface area contributed by atoms with E-state index in [1.807, 2.05) is 43.3 Å². The van der Waals surface area contributed by atoms with Gasteiger partial charge in [-0.15, -0.1) is 0 Å². The van der Waals surface area contributed by atoms with Gasteiger partial charge in [-0.05, 0) is 61.3 Å². The Morgan fingerprint density at radius 2 is 1.69 bits per heavy atom. The molecular weight excluding hydrogens is 381 g/mol. The van der Waals surface area contributed by atoms with Gasteiger partial charge in [-0.25, -0.2) is 0 Å². The zero-order valence-electron chi connectivity index (χ0n) is 16.5. The maximum atomic E-state index is 13.3. The van der Waals surface area contributed by atoms with Gasteiger partial charge in [0.15, 0.2) is 0 Å². The van der Waals surface area contributed by atoms with Crippen molar-refractivity contribution < 1.29 is 23.1 Å². The summed E-state index contributed by atoms with van der Waals surface area (Å²) in [6.07, 6.45) is -3.44. The van der Waals surface area contributed by atoms with Gasteiger partial charge in [-0.3, -0.25) is 9.69 Å². The second-order valence-corrected chi connectivity index (χ2v) is 7.66. The molecule has 3 rings (SSSR count). The Hall–Kier alpha value is -2.54. The first kappa shape index (κ1) is 21.2. The monoisotopic (exact) mass is 406 g/mol. The van der Waals surface area contributed by atoms with Gasteiger partial charge < -0.3 is 10.0 Å². The maximum Gasteiger partial charge on any atom is 0.416 e. The summed E-state index contributed by atoms with van der Waals surface area (Å²) in [6.45, 7) is 1.04. The predicted octanol–water partition coefficient (Wildman–Crippen LogP) is 4.66. The number of aliphatic carboxylic acids is 1. The molecule has 4 nitrogen and oxygen atoms in total. The lowest BCUT2D eigenvalue weighted by Gasteiger charge is -2.37. The predicted molar refractivity (Wildman–Crippen MR) is 106 cm³/mol. The fourth-order valence-corrected chi connectivity index (χ4v) is 3.86. The fraction of sp³-hybridized carbons (Fsp3) is 0.409. The van der Waals surface area contributed by atoms with Crippen LogP contribution in [0.5, 0.6) is 0 Å². The van der Waals surface area contributed by atoms with Gasteiger partial charge in [0.05, 0.1) is 17.5 Å². The SMILES string of the molecule is CN(C)c1ccc(C(c2cccc(C(F)(F)F)c2)N2CCC(C(=O)O)CC2)cc1. The van der Waals surface area contributed by atoms with E-state index in [9.17, 15) is 23.1 Å². The van der Waals surface area contributed by atoms with E-state index in [1.54, 1.807) is 6.07 Å². The quantitative estimate of drug-likeness (QED) is 0.785. The zero-order valence-corrected chi connectivity index (χ0v) is 16.5. The third-order valence-electron chi connectivity index (χ3n) is 5.50. The molecule has 1 saturated heterocycles. The number of anilines is 1. The minimum absolute atomic E-state index is 0.358. The normalized spacial score (nSPS) is 17.1. The van der Waals surface area contributed by atoms with Crippen LogP contribution < -0.4 is 4.90 Å². The molecule has 0 spiro atoms. The number of nitrogens with zero attached hydrogens (tertiary/aromatic N) is 2. The average Bonchev–Trinajstić information content (AvgIpc) is 2.68. The molecule has 0 radical (unpaired) electrons. The Bertz CT molecular complexity index is 842. The van der Waals surface area contributed by atoms with Crippen LogP contribution in [0.25, 0.3) is 0 Å². The van der Waals surface area contributed by atoms with E-state index in [1.165, 1.54) is 12.1 Å². The summed E-state index contributed by atoms with van der Waals surface area (Å²) in [5, 5.41) is 9.26. The van der Waals surface area contributed by atoms with E-state index in [-0.39, 0.29) is 6.04 Å². The number of hydrogen-bond acceptors (Lipinski definition) is 3. The molecule has 0 aliphatic carbocycles. The van der Waals surface area contributed by atoms with Crippen molar-refractivity contribution in [3.63, 3.8) is 0 Å². The van der Waals surface area contributed by atoms with Crippen LogP contribution in [0.3, 0.4) is 0 Å². The molecule has 0 aromatic heterocycles. The van der Waals surface area contributed by atoms with Gasteiger partial charge in [-0.2, -0.15) is 13.2 Å². The lowest BCUT2D eigenvalue weighted by atomic mass is 9.90. The van der Waals surface area contributed by atoms with Crippen molar-refractivity contribution in [1.29, 1.82) is 0 Å². The van der Waals surface area contributed by atoms with E-state index in [0.717, 1.165) is 17.3 Å². The van der Waals surface area contributed by atoms with E-state index in [4.69, 9.17) is 0 Å². The average molecular weight is 406 g/mol. The Balaban J connectivity index is 1.97. The molecule has 0 amide bonds. The summed E-state index contributed by atoms with van der Waals surface area (Å²) in [7, 11) is 3.85. The van der Waals surface area contributed by atoms with E-state index < -0.39 is 23.6 Å².